The Morgan fingerprint density at radius 3 is 2.56 bits per heavy atom. The predicted octanol–water partition coefficient (Wildman–Crippen LogP) is 6.25. The summed E-state index contributed by atoms with van der Waals surface area (Å²) < 4.78 is 14.3. The zero-order valence-corrected chi connectivity index (χ0v) is 19.6. The van der Waals surface area contributed by atoms with Gasteiger partial charge in [-0.25, -0.2) is 4.39 Å². The Morgan fingerprint density at radius 2 is 1.88 bits per heavy atom. The summed E-state index contributed by atoms with van der Waals surface area (Å²) in [6, 6.07) is 16.5. The van der Waals surface area contributed by atoms with Crippen LogP contribution in [-0.4, -0.2) is 23.3 Å². The molecule has 0 unspecified atom stereocenters. The molecule has 4 aromatic rings. The minimum absolute atomic E-state index is 0.191. The molecule has 0 atom stereocenters. The predicted molar refractivity (Wildman–Crippen MR) is 132 cm³/mol. The number of rotatable bonds is 5. The van der Waals surface area contributed by atoms with Crippen molar-refractivity contribution in [2.45, 2.75) is 13.5 Å². The minimum atomic E-state index is -0.374. The second-order valence-corrected chi connectivity index (χ2v) is 10.3. The fourth-order valence-electron chi connectivity index (χ4n) is 3.50. The molecule has 0 spiro atoms. The molecule has 0 aliphatic carbocycles. The highest BCUT2D eigenvalue weighted by atomic mass is 35.5. The maximum atomic E-state index is 14.3. The highest BCUT2D eigenvalue weighted by molar-refractivity contribution is 7.63. The number of benzene rings is 2. The van der Waals surface area contributed by atoms with Crippen LogP contribution in [-0.2, 0) is 6.54 Å². The molecule has 0 aliphatic heterocycles. The van der Waals surface area contributed by atoms with Gasteiger partial charge in [0.25, 0.3) is 0 Å². The molecule has 0 fully saturated rings. The van der Waals surface area contributed by atoms with Crippen LogP contribution in [0.4, 0.5) is 10.1 Å². The number of hydrogen-bond acceptors (Lipinski definition) is 4. The van der Waals surface area contributed by atoms with Gasteiger partial charge in [0.05, 0.1) is 39.0 Å². The molecule has 4 nitrogen and oxygen atoms in total. The Kier molecular flexibility index (Phi) is 6.37. The number of aromatic nitrogens is 2. The van der Waals surface area contributed by atoms with Gasteiger partial charge < -0.3 is 5.32 Å². The number of hydrogen-bond donors (Lipinski definition) is 1. The van der Waals surface area contributed by atoms with Gasteiger partial charge in [0, 0.05) is 29.3 Å². The summed E-state index contributed by atoms with van der Waals surface area (Å²) in [7, 11) is -0.251. The molecule has 160 valence electrons. The quantitative estimate of drug-likeness (QED) is 0.356. The first-order valence-corrected chi connectivity index (χ1v) is 12.6. The summed E-state index contributed by atoms with van der Waals surface area (Å²) in [5.41, 5.74) is 6.08. The standard InChI is InChI=1S/C25H21ClFN4P/c1-15-24(26)25(30-14-19-10-16(12-28)4-7-21(19)27)20-11-17(5-8-22(20)31-15)18-6-9-23(29-13-18)32(2)3/h4-11,13H,14H2,1-3H3,(H,30,31). The third kappa shape index (κ3) is 4.43. The first-order valence-electron chi connectivity index (χ1n) is 10.0. The summed E-state index contributed by atoms with van der Waals surface area (Å²) in [5, 5.41) is 13.7. The van der Waals surface area contributed by atoms with Gasteiger partial charge in [0.15, 0.2) is 0 Å². The topological polar surface area (TPSA) is 61.6 Å². The van der Waals surface area contributed by atoms with Crippen LogP contribution >= 0.6 is 19.5 Å². The number of nitriles is 1. The van der Waals surface area contributed by atoms with Crippen LogP contribution in [0.1, 0.15) is 16.8 Å². The molecular formula is C25H21ClFN4P. The summed E-state index contributed by atoms with van der Waals surface area (Å²) >= 11 is 6.61. The number of fused-ring (bicyclic) bond motifs is 1. The summed E-state index contributed by atoms with van der Waals surface area (Å²) in [4.78, 5) is 9.20. The van der Waals surface area contributed by atoms with Crippen molar-refractivity contribution in [3.63, 3.8) is 0 Å². The van der Waals surface area contributed by atoms with Crippen molar-refractivity contribution in [3.8, 4) is 17.2 Å². The van der Waals surface area contributed by atoms with Crippen molar-refractivity contribution in [2.24, 2.45) is 0 Å². The van der Waals surface area contributed by atoms with E-state index in [9.17, 15) is 4.39 Å². The molecular weight excluding hydrogens is 442 g/mol. The van der Waals surface area contributed by atoms with E-state index in [-0.39, 0.29) is 20.3 Å². The molecule has 2 aromatic heterocycles. The van der Waals surface area contributed by atoms with E-state index in [1.165, 1.54) is 12.1 Å². The van der Waals surface area contributed by atoms with Gasteiger partial charge in [-0.3, -0.25) is 9.97 Å². The average Bonchev–Trinajstić information content (AvgIpc) is 2.80. The molecule has 7 heteroatoms. The minimum Gasteiger partial charge on any atom is -0.379 e. The van der Waals surface area contributed by atoms with Gasteiger partial charge >= 0.3 is 0 Å². The van der Waals surface area contributed by atoms with Gasteiger partial charge in [0.1, 0.15) is 5.82 Å². The van der Waals surface area contributed by atoms with E-state index in [4.69, 9.17) is 16.9 Å². The lowest BCUT2D eigenvalue weighted by atomic mass is 10.0. The lowest BCUT2D eigenvalue weighted by Crippen LogP contribution is -2.05. The molecule has 0 amide bonds. The van der Waals surface area contributed by atoms with Crippen LogP contribution in [0.2, 0.25) is 5.02 Å². The third-order valence-electron chi connectivity index (χ3n) is 5.26. The first kappa shape index (κ1) is 22.1. The number of anilines is 1. The highest BCUT2D eigenvalue weighted by Gasteiger charge is 2.14. The Morgan fingerprint density at radius 1 is 1.09 bits per heavy atom. The SMILES string of the molecule is Cc1nc2ccc(-c3ccc(P(C)C)nc3)cc2c(NCc2cc(C#N)ccc2F)c1Cl. The second kappa shape index (κ2) is 9.20. The normalized spacial score (nSPS) is 11.0. The van der Waals surface area contributed by atoms with Crippen molar-refractivity contribution in [2.75, 3.05) is 18.6 Å². The van der Waals surface area contributed by atoms with Crippen molar-refractivity contribution in [1.82, 2.24) is 9.97 Å². The molecule has 2 aromatic carbocycles. The Labute approximate surface area is 192 Å². The van der Waals surface area contributed by atoms with E-state index in [0.717, 1.165) is 27.5 Å². The molecule has 2 heterocycles. The molecule has 0 bridgehead atoms. The lowest BCUT2D eigenvalue weighted by molar-refractivity contribution is 0.613. The van der Waals surface area contributed by atoms with Crippen LogP contribution < -0.4 is 10.8 Å². The smallest absolute Gasteiger partial charge is 0.128 e. The summed E-state index contributed by atoms with van der Waals surface area (Å²) in [5.74, 6) is -0.374. The van der Waals surface area contributed by atoms with Gasteiger partial charge in [-0.05, 0) is 62.2 Å². The van der Waals surface area contributed by atoms with Crippen LogP contribution in [0, 0.1) is 24.1 Å². The second-order valence-electron chi connectivity index (χ2n) is 7.69. The zero-order chi connectivity index (χ0) is 22.8. The van der Waals surface area contributed by atoms with Gasteiger partial charge in [-0.2, -0.15) is 5.26 Å². The number of nitrogens with zero attached hydrogens (tertiary/aromatic N) is 3. The van der Waals surface area contributed by atoms with E-state index < -0.39 is 0 Å². The van der Waals surface area contributed by atoms with Crippen molar-refractivity contribution < 1.29 is 4.39 Å². The Hall–Kier alpha value is -3.06. The average molecular weight is 463 g/mol. The number of aryl methyl sites for hydroxylation is 1. The summed E-state index contributed by atoms with van der Waals surface area (Å²) in [6.07, 6.45) is 1.89. The Bertz CT molecular complexity index is 1350. The fourth-order valence-corrected chi connectivity index (χ4v) is 4.37. The zero-order valence-electron chi connectivity index (χ0n) is 17.9. The van der Waals surface area contributed by atoms with E-state index in [0.29, 0.717) is 27.5 Å². The largest absolute Gasteiger partial charge is 0.379 e. The van der Waals surface area contributed by atoms with E-state index in [1.54, 1.807) is 6.07 Å². The molecule has 0 radical (unpaired) electrons. The molecule has 32 heavy (non-hydrogen) atoms. The van der Waals surface area contributed by atoms with Crippen molar-refractivity contribution in [1.29, 1.82) is 5.26 Å². The van der Waals surface area contributed by atoms with Gasteiger partial charge in [-0.1, -0.05) is 31.7 Å². The van der Waals surface area contributed by atoms with E-state index in [1.807, 2.05) is 37.4 Å². The van der Waals surface area contributed by atoms with E-state index >= 15 is 0 Å². The highest BCUT2D eigenvalue weighted by Crippen LogP contribution is 2.35. The first-order chi connectivity index (χ1) is 15.4. The summed E-state index contributed by atoms with van der Waals surface area (Å²) in [6.45, 7) is 6.39. The molecule has 0 saturated carbocycles. The number of nitrogens with one attached hydrogen (secondary N) is 1. The molecule has 4 rings (SSSR count). The van der Waals surface area contributed by atoms with E-state index in [2.05, 4.69) is 40.7 Å². The van der Waals surface area contributed by atoms with Crippen molar-refractivity contribution >= 4 is 41.5 Å². The third-order valence-corrected chi connectivity index (χ3v) is 6.90. The van der Waals surface area contributed by atoms with Gasteiger partial charge in [0.2, 0.25) is 0 Å². The number of halogens is 2. The maximum Gasteiger partial charge on any atom is 0.128 e. The van der Waals surface area contributed by atoms with Crippen LogP contribution in [0.3, 0.4) is 0 Å². The molecule has 0 aliphatic rings. The fraction of sp³-hybridized carbons (Fsp3) is 0.160. The Balaban J connectivity index is 1.75. The van der Waals surface area contributed by atoms with Crippen LogP contribution in [0.15, 0.2) is 54.7 Å². The monoisotopic (exact) mass is 462 g/mol. The molecule has 1 N–H and O–H groups in total. The van der Waals surface area contributed by atoms with Gasteiger partial charge in [-0.15, -0.1) is 0 Å². The molecule has 0 saturated heterocycles. The number of pyridine rings is 2. The van der Waals surface area contributed by atoms with Crippen LogP contribution in [0.25, 0.3) is 22.0 Å². The van der Waals surface area contributed by atoms with Crippen molar-refractivity contribution in [3.05, 3.63) is 82.4 Å². The maximum absolute atomic E-state index is 14.3. The lowest BCUT2D eigenvalue weighted by Gasteiger charge is -2.15. The van der Waals surface area contributed by atoms with Crippen LogP contribution in [0.5, 0.6) is 0 Å².